The van der Waals surface area contributed by atoms with Crippen LogP contribution in [0.5, 0.6) is 5.88 Å². The smallest absolute Gasteiger partial charge is 0.331 e. The second kappa shape index (κ2) is 7.95. The molecule has 1 amide bonds. The average Bonchev–Trinajstić information content (AvgIpc) is 2.58. The summed E-state index contributed by atoms with van der Waals surface area (Å²) in [5, 5.41) is 11.9. The first-order chi connectivity index (χ1) is 11.9. The third-order valence-electron chi connectivity index (χ3n) is 3.28. The van der Waals surface area contributed by atoms with Crippen LogP contribution in [0.25, 0.3) is 0 Å². The normalized spacial score (nSPS) is 10.3. The van der Waals surface area contributed by atoms with Gasteiger partial charge in [0, 0.05) is 0 Å². The van der Waals surface area contributed by atoms with E-state index in [9.17, 15) is 24.3 Å². The number of ether oxygens (including phenoxy) is 1. The summed E-state index contributed by atoms with van der Waals surface area (Å²) in [7, 11) is 0. The Bertz CT molecular complexity index is 885. The molecule has 3 N–H and O–H groups in total. The fraction of sp³-hybridized carbons (Fsp3) is 0.250. The van der Waals surface area contributed by atoms with Crippen molar-refractivity contribution in [3.05, 3.63) is 62.3 Å². The van der Waals surface area contributed by atoms with Crippen LogP contribution >= 0.6 is 0 Å². The molecule has 1 aromatic carbocycles. The van der Waals surface area contributed by atoms with Gasteiger partial charge in [0.2, 0.25) is 5.88 Å². The topological polar surface area (TPSA) is 130 Å². The molecule has 0 saturated heterocycles. The second-order valence-corrected chi connectivity index (χ2v) is 5.02. The van der Waals surface area contributed by atoms with E-state index >= 15 is 0 Å². The lowest BCUT2D eigenvalue weighted by Crippen LogP contribution is -2.42. The number of amides is 1. The molecule has 9 nitrogen and oxygen atoms in total. The number of aromatic hydroxyl groups is 1. The Morgan fingerprint density at radius 2 is 1.92 bits per heavy atom. The molecule has 0 unspecified atom stereocenters. The zero-order valence-corrected chi connectivity index (χ0v) is 13.4. The lowest BCUT2D eigenvalue weighted by molar-refractivity contribution is -0.141. The molecule has 132 valence electrons. The molecule has 0 radical (unpaired) electrons. The number of hydrogen-bond acceptors (Lipinski definition) is 6. The van der Waals surface area contributed by atoms with Crippen molar-refractivity contribution in [2.24, 2.45) is 0 Å². The van der Waals surface area contributed by atoms with Gasteiger partial charge in [-0.2, -0.15) is 0 Å². The van der Waals surface area contributed by atoms with Crippen LogP contribution < -0.4 is 16.6 Å². The van der Waals surface area contributed by atoms with Crippen LogP contribution in [0.1, 0.15) is 22.8 Å². The lowest BCUT2D eigenvalue weighted by Gasteiger charge is -2.09. The molecular weight excluding hydrogens is 330 g/mol. The highest BCUT2D eigenvalue weighted by atomic mass is 16.5. The van der Waals surface area contributed by atoms with Crippen LogP contribution in [0.15, 0.2) is 39.9 Å². The largest absolute Gasteiger partial charge is 0.494 e. The summed E-state index contributed by atoms with van der Waals surface area (Å²) in [6, 6.07) is 8.67. The fourth-order valence-corrected chi connectivity index (χ4v) is 2.13. The van der Waals surface area contributed by atoms with Gasteiger partial charge in [0.25, 0.3) is 11.5 Å². The molecule has 0 aliphatic heterocycles. The summed E-state index contributed by atoms with van der Waals surface area (Å²) in [5.74, 6) is -2.54. The maximum absolute atomic E-state index is 12.4. The number of aromatic amines is 1. The first kappa shape index (κ1) is 18.0. The van der Waals surface area contributed by atoms with Gasteiger partial charge in [-0.25, -0.2) is 4.79 Å². The summed E-state index contributed by atoms with van der Waals surface area (Å²) >= 11 is 0. The first-order valence-electron chi connectivity index (χ1n) is 7.47. The fourth-order valence-electron chi connectivity index (χ4n) is 2.13. The molecule has 0 saturated carbocycles. The van der Waals surface area contributed by atoms with Gasteiger partial charge in [0.15, 0.2) is 5.56 Å². The van der Waals surface area contributed by atoms with Crippen molar-refractivity contribution in [3.63, 3.8) is 0 Å². The summed E-state index contributed by atoms with van der Waals surface area (Å²) in [4.78, 5) is 49.8. The third-order valence-corrected chi connectivity index (χ3v) is 3.28. The first-order valence-corrected chi connectivity index (χ1v) is 7.47. The zero-order chi connectivity index (χ0) is 18.4. The van der Waals surface area contributed by atoms with Crippen molar-refractivity contribution in [3.8, 4) is 5.88 Å². The number of aromatic nitrogens is 2. The molecule has 1 aromatic heterocycles. The monoisotopic (exact) mass is 347 g/mol. The molecule has 1 heterocycles. The number of esters is 1. The Morgan fingerprint density at radius 1 is 1.24 bits per heavy atom. The summed E-state index contributed by atoms with van der Waals surface area (Å²) in [6.07, 6.45) is 0. The van der Waals surface area contributed by atoms with Crippen molar-refractivity contribution in [2.45, 2.75) is 13.5 Å². The summed E-state index contributed by atoms with van der Waals surface area (Å²) in [6.45, 7) is 1.20. The van der Waals surface area contributed by atoms with Crippen molar-refractivity contribution < 1.29 is 19.4 Å². The van der Waals surface area contributed by atoms with E-state index in [1.807, 2.05) is 4.98 Å². The molecular formula is C16H17N3O6. The van der Waals surface area contributed by atoms with Gasteiger partial charge in [-0.05, 0) is 12.5 Å². The number of carbonyl (C=O) groups is 2. The number of H-pyrrole nitrogens is 1. The predicted octanol–water partition coefficient (Wildman–Crippen LogP) is -0.417. The van der Waals surface area contributed by atoms with Crippen LogP contribution in [-0.4, -0.2) is 39.7 Å². The minimum absolute atomic E-state index is 0.0759. The van der Waals surface area contributed by atoms with Gasteiger partial charge in [-0.3, -0.25) is 23.9 Å². The van der Waals surface area contributed by atoms with E-state index in [4.69, 9.17) is 0 Å². The number of benzene rings is 1. The molecule has 0 spiro atoms. The van der Waals surface area contributed by atoms with Crippen LogP contribution in [0, 0.1) is 0 Å². The average molecular weight is 347 g/mol. The standard InChI is InChI=1S/C16H17N3O6/c1-2-25-11(20)8-17-13(21)12-14(22)18-16(24)19(15(12)23)9-10-6-4-3-5-7-10/h3-7,22H,2,8-9H2,1H3,(H,17,21)(H,18,24). The van der Waals surface area contributed by atoms with E-state index in [1.165, 1.54) is 0 Å². The van der Waals surface area contributed by atoms with Crippen molar-refractivity contribution in [1.29, 1.82) is 0 Å². The van der Waals surface area contributed by atoms with E-state index in [0.717, 1.165) is 4.57 Å². The number of rotatable bonds is 6. The van der Waals surface area contributed by atoms with Gasteiger partial charge in [-0.1, -0.05) is 30.3 Å². The maximum Gasteiger partial charge on any atom is 0.331 e. The van der Waals surface area contributed by atoms with E-state index < -0.39 is 41.1 Å². The van der Waals surface area contributed by atoms with Crippen LogP contribution in [-0.2, 0) is 16.1 Å². The molecule has 2 aromatic rings. The van der Waals surface area contributed by atoms with Gasteiger partial charge in [0.1, 0.15) is 6.54 Å². The van der Waals surface area contributed by atoms with Crippen LogP contribution in [0.4, 0.5) is 0 Å². The van der Waals surface area contributed by atoms with Gasteiger partial charge in [-0.15, -0.1) is 0 Å². The Hall–Kier alpha value is -3.36. The maximum atomic E-state index is 12.4. The van der Waals surface area contributed by atoms with E-state index in [2.05, 4.69) is 10.1 Å². The van der Waals surface area contributed by atoms with E-state index in [-0.39, 0.29) is 13.2 Å². The Labute approximate surface area is 141 Å². The van der Waals surface area contributed by atoms with Crippen LogP contribution in [0.3, 0.4) is 0 Å². The highest BCUT2D eigenvalue weighted by molar-refractivity contribution is 5.97. The molecule has 0 aliphatic carbocycles. The lowest BCUT2D eigenvalue weighted by atomic mass is 10.2. The van der Waals surface area contributed by atoms with Crippen molar-refractivity contribution in [2.75, 3.05) is 13.2 Å². The van der Waals surface area contributed by atoms with E-state index in [0.29, 0.717) is 5.56 Å². The zero-order valence-electron chi connectivity index (χ0n) is 13.4. The second-order valence-electron chi connectivity index (χ2n) is 5.02. The Balaban J connectivity index is 2.31. The van der Waals surface area contributed by atoms with Crippen molar-refractivity contribution in [1.82, 2.24) is 14.9 Å². The number of nitrogens with zero attached hydrogens (tertiary/aromatic N) is 1. The van der Waals surface area contributed by atoms with E-state index in [1.54, 1.807) is 37.3 Å². The van der Waals surface area contributed by atoms with Crippen molar-refractivity contribution >= 4 is 11.9 Å². The molecule has 0 fully saturated rings. The highest BCUT2D eigenvalue weighted by Gasteiger charge is 2.21. The third kappa shape index (κ3) is 4.34. The number of nitrogens with one attached hydrogen (secondary N) is 2. The minimum Gasteiger partial charge on any atom is -0.494 e. The molecule has 0 atom stereocenters. The Morgan fingerprint density at radius 3 is 2.56 bits per heavy atom. The molecule has 9 heteroatoms. The van der Waals surface area contributed by atoms with Gasteiger partial charge in [0.05, 0.1) is 13.2 Å². The van der Waals surface area contributed by atoms with Gasteiger partial charge >= 0.3 is 11.7 Å². The molecule has 0 aliphatic rings. The van der Waals surface area contributed by atoms with Gasteiger partial charge < -0.3 is 15.2 Å². The SMILES string of the molecule is CCOC(=O)CNC(=O)c1c(O)[nH]c(=O)n(Cc2ccccc2)c1=O. The summed E-state index contributed by atoms with van der Waals surface area (Å²) < 4.78 is 5.44. The highest BCUT2D eigenvalue weighted by Crippen LogP contribution is 2.06. The quantitative estimate of drug-likeness (QED) is 0.609. The number of carbonyl (C=O) groups excluding carboxylic acids is 2. The molecule has 0 bridgehead atoms. The van der Waals surface area contributed by atoms with Crippen LogP contribution in [0.2, 0.25) is 0 Å². The Kier molecular flexibility index (Phi) is 5.72. The summed E-state index contributed by atoms with van der Waals surface area (Å²) in [5.41, 5.74) is -1.81. The number of hydrogen-bond donors (Lipinski definition) is 3. The molecule has 2 rings (SSSR count). The molecule has 25 heavy (non-hydrogen) atoms. The minimum atomic E-state index is -0.992. The predicted molar refractivity (Wildman–Crippen MR) is 87.5 cm³/mol.